The van der Waals surface area contributed by atoms with Crippen LogP contribution in [0.25, 0.3) is 0 Å². The minimum atomic E-state index is -2.31. The van der Waals surface area contributed by atoms with Crippen LogP contribution in [0.15, 0.2) is 54.6 Å². The van der Waals surface area contributed by atoms with Crippen LogP contribution < -0.4 is 4.72 Å². The van der Waals surface area contributed by atoms with Crippen LogP contribution >= 0.6 is 0 Å². The first-order valence-electron chi connectivity index (χ1n) is 7.75. The Morgan fingerprint density at radius 3 is 2.54 bits per heavy atom. The van der Waals surface area contributed by atoms with Gasteiger partial charge in [-0.1, -0.05) is 42.5 Å². The molecule has 2 aromatic rings. The average molecular weight is 342 g/mol. The molecule has 0 aromatic heterocycles. The SMILES string of the molecule is N#CCCN(CCc1cccc(NS(=O)[O-])c1)Cc1ccccc1. The van der Waals surface area contributed by atoms with E-state index in [-0.39, 0.29) is 0 Å². The third-order valence-electron chi connectivity index (χ3n) is 3.63. The van der Waals surface area contributed by atoms with Gasteiger partial charge in [0.25, 0.3) is 0 Å². The molecule has 126 valence electrons. The van der Waals surface area contributed by atoms with Crippen LogP contribution in [0.2, 0.25) is 0 Å². The second-order valence-electron chi connectivity index (χ2n) is 5.46. The normalized spacial score (nSPS) is 11.9. The van der Waals surface area contributed by atoms with Gasteiger partial charge < -0.3 is 9.27 Å². The Morgan fingerprint density at radius 2 is 1.83 bits per heavy atom. The predicted octanol–water partition coefficient (Wildman–Crippen LogP) is 2.85. The molecule has 0 radical (unpaired) electrons. The molecule has 2 aromatic carbocycles. The number of hydrogen-bond donors (Lipinski definition) is 1. The van der Waals surface area contributed by atoms with Crippen LogP contribution in [0.3, 0.4) is 0 Å². The molecule has 5 nitrogen and oxygen atoms in total. The van der Waals surface area contributed by atoms with Crippen molar-refractivity contribution in [2.75, 3.05) is 17.8 Å². The molecule has 0 bridgehead atoms. The minimum Gasteiger partial charge on any atom is -0.755 e. The molecule has 0 amide bonds. The van der Waals surface area contributed by atoms with Gasteiger partial charge in [0.1, 0.15) is 0 Å². The summed E-state index contributed by atoms with van der Waals surface area (Å²) < 4.78 is 23.8. The maximum Gasteiger partial charge on any atom is 0.0635 e. The van der Waals surface area contributed by atoms with E-state index in [1.54, 1.807) is 6.07 Å². The highest BCUT2D eigenvalue weighted by Gasteiger charge is 2.07. The third-order valence-corrected chi connectivity index (χ3v) is 4.04. The molecule has 0 aliphatic carbocycles. The Bertz CT molecular complexity index is 701. The van der Waals surface area contributed by atoms with Crippen molar-refractivity contribution in [3.05, 3.63) is 65.7 Å². The summed E-state index contributed by atoms with van der Waals surface area (Å²) >= 11 is -2.31. The molecule has 0 saturated carbocycles. The molecule has 0 heterocycles. The molecular formula is C18H20N3O2S-. The highest BCUT2D eigenvalue weighted by molar-refractivity contribution is 7.80. The number of nitrogens with zero attached hydrogens (tertiary/aromatic N) is 2. The summed E-state index contributed by atoms with van der Waals surface area (Å²) in [5, 5.41) is 8.84. The van der Waals surface area contributed by atoms with Crippen molar-refractivity contribution in [1.82, 2.24) is 4.90 Å². The Labute approximate surface area is 145 Å². The molecule has 0 fully saturated rings. The Morgan fingerprint density at radius 1 is 1.08 bits per heavy atom. The van der Waals surface area contributed by atoms with Gasteiger partial charge in [0.05, 0.1) is 6.07 Å². The highest BCUT2D eigenvalue weighted by atomic mass is 32.2. The van der Waals surface area contributed by atoms with Crippen molar-refractivity contribution < 1.29 is 8.76 Å². The molecule has 2 rings (SSSR count). The Kier molecular flexibility index (Phi) is 7.43. The second-order valence-corrected chi connectivity index (χ2v) is 6.13. The maximum atomic E-state index is 10.7. The van der Waals surface area contributed by atoms with E-state index >= 15 is 0 Å². The first kappa shape index (κ1) is 18.1. The van der Waals surface area contributed by atoms with Gasteiger partial charge >= 0.3 is 0 Å². The van der Waals surface area contributed by atoms with Crippen LogP contribution in [-0.2, 0) is 24.2 Å². The average Bonchev–Trinajstić information content (AvgIpc) is 2.58. The lowest BCUT2D eigenvalue weighted by atomic mass is 10.1. The lowest BCUT2D eigenvalue weighted by Gasteiger charge is -2.21. The van der Waals surface area contributed by atoms with E-state index in [2.05, 4.69) is 27.8 Å². The van der Waals surface area contributed by atoms with E-state index in [9.17, 15) is 8.76 Å². The quantitative estimate of drug-likeness (QED) is 0.711. The summed E-state index contributed by atoms with van der Waals surface area (Å²) in [6.45, 7) is 2.32. The van der Waals surface area contributed by atoms with E-state index in [1.165, 1.54) is 5.56 Å². The zero-order valence-electron chi connectivity index (χ0n) is 13.4. The van der Waals surface area contributed by atoms with E-state index in [4.69, 9.17) is 5.26 Å². The largest absolute Gasteiger partial charge is 0.755 e. The molecule has 24 heavy (non-hydrogen) atoms. The number of nitrogens with one attached hydrogen (secondary N) is 1. The van der Waals surface area contributed by atoms with Crippen molar-refractivity contribution in [3.63, 3.8) is 0 Å². The number of rotatable bonds is 9. The van der Waals surface area contributed by atoms with Gasteiger partial charge in [-0.2, -0.15) is 5.26 Å². The molecule has 0 aliphatic heterocycles. The number of benzene rings is 2. The van der Waals surface area contributed by atoms with Gasteiger partial charge in [0, 0.05) is 43.0 Å². The highest BCUT2D eigenvalue weighted by Crippen LogP contribution is 2.13. The van der Waals surface area contributed by atoms with Gasteiger partial charge in [0.15, 0.2) is 0 Å². The molecule has 1 N–H and O–H groups in total. The molecular weight excluding hydrogens is 322 g/mol. The molecule has 1 unspecified atom stereocenters. The fourth-order valence-electron chi connectivity index (χ4n) is 2.49. The van der Waals surface area contributed by atoms with Gasteiger partial charge in [-0.3, -0.25) is 9.11 Å². The Balaban J connectivity index is 1.96. The summed E-state index contributed by atoms with van der Waals surface area (Å²) in [4.78, 5) is 2.24. The van der Waals surface area contributed by atoms with Crippen LogP contribution in [0.1, 0.15) is 17.5 Å². The summed E-state index contributed by atoms with van der Waals surface area (Å²) in [5.41, 5.74) is 2.83. The van der Waals surface area contributed by atoms with E-state index < -0.39 is 11.3 Å². The number of nitriles is 1. The molecule has 0 saturated heterocycles. The van der Waals surface area contributed by atoms with Gasteiger partial charge in [0.2, 0.25) is 0 Å². The second kappa shape index (κ2) is 9.83. The fourth-order valence-corrected chi connectivity index (χ4v) is 2.81. The van der Waals surface area contributed by atoms with Crippen molar-refractivity contribution in [2.45, 2.75) is 19.4 Å². The van der Waals surface area contributed by atoms with Crippen LogP contribution in [0, 0.1) is 11.3 Å². The van der Waals surface area contributed by atoms with Crippen LogP contribution in [0.5, 0.6) is 0 Å². The maximum absolute atomic E-state index is 10.7. The van der Waals surface area contributed by atoms with Gasteiger partial charge in [-0.25, -0.2) is 0 Å². The van der Waals surface area contributed by atoms with Crippen molar-refractivity contribution in [1.29, 1.82) is 5.26 Å². The smallest absolute Gasteiger partial charge is 0.0635 e. The lowest BCUT2D eigenvalue weighted by molar-refractivity contribution is 0.275. The summed E-state index contributed by atoms with van der Waals surface area (Å²) in [6, 6.07) is 19.7. The topological polar surface area (TPSA) is 79.2 Å². The lowest BCUT2D eigenvalue weighted by Crippen LogP contribution is -2.26. The van der Waals surface area contributed by atoms with E-state index in [1.807, 2.05) is 36.4 Å². The predicted molar refractivity (Wildman–Crippen MR) is 94.6 cm³/mol. The van der Waals surface area contributed by atoms with Gasteiger partial charge in [-0.05, 0) is 29.7 Å². The molecule has 6 heteroatoms. The van der Waals surface area contributed by atoms with E-state index in [0.29, 0.717) is 18.7 Å². The van der Waals surface area contributed by atoms with Crippen molar-refractivity contribution in [3.8, 4) is 6.07 Å². The number of anilines is 1. The zero-order valence-corrected chi connectivity index (χ0v) is 14.2. The first-order valence-corrected chi connectivity index (χ1v) is 8.83. The van der Waals surface area contributed by atoms with Crippen molar-refractivity contribution >= 4 is 17.0 Å². The Hall–Kier alpha value is -2.20. The van der Waals surface area contributed by atoms with Crippen LogP contribution in [-0.4, -0.2) is 26.8 Å². The fraction of sp³-hybridized carbons (Fsp3) is 0.278. The van der Waals surface area contributed by atoms with Crippen LogP contribution in [0.4, 0.5) is 5.69 Å². The minimum absolute atomic E-state index is 0.490. The summed E-state index contributed by atoms with van der Waals surface area (Å²) in [7, 11) is 0. The monoisotopic (exact) mass is 342 g/mol. The number of hydrogen-bond acceptors (Lipinski definition) is 4. The molecule has 0 aliphatic rings. The van der Waals surface area contributed by atoms with Crippen molar-refractivity contribution in [2.24, 2.45) is 0 Å². The summed E-state index contributed by atoms with van der Waals surface area (Å²) in [5.74, 6) is 0. The van der Waals surface area contributed by atoms with E-state index in [0.717, 1.165) is 25.1 Å². The molecule has 1 atom stereocenters. The first-order chi connectivity index (χ1) is 11.7. The molecule has 0 spiro atoms. The third kappa shape index (κ3) is 6.50. The summed E-state index contributed by atoms with van der Waals surface area (Å²) in [6.07, 6.45) is 1.28. The van der Waals surface area contributed by atoms with Gasteiger partial charge in [-0.15, -0.1) is 0 Å². The standard InChI is InChI=1S/C18H21N3O2S/c19-11-5-12-21(15-17-6-2-1-3-7-17)13-10-16-8-4-9-18(14-16)20-24(22)23/h1-4,6-9,14,20H,5,10,12-13,15H2,(H,22,23)/p-1. The zero-order chi connectivity index (χ0) is 17.2.